The smallest absolute Gasteiger partial charge is 0.264 e. The van der Waals surface area contributed by atoms with Crippen molar-refractivity contribution in [2.24, 2.45) is 0 Å². The third-order valence-electron chi connectivity index (χ3n) is 3.38. The molecule has 4 nitrogen and oxygen atoms in total. The zero-order valence-electron chi connectivity index (χ0n) is 13.5. The summed E-state index contributed by atoms with van der Waals surface area (Å²) in [7, 11) is 0. The Bertz CT molecular complexity index is 729. The Morgan fingerprint density at radius 2 is 1.87 bits per heavy atom. The third-order valence-corrected chi connectivity index (χ3v) is 3.58. The van der Waals surface area contributed by atoms with Crippen molar-refractivity contribution >= 4 is 28.9 Å². The van der Waals surface area contributed by atoms with Gasteiger partial charge in [-0.25, -0.2) is 0 Å². The van der Waals surface area contributed by atoms with E-state index in [2.05, 4.69) is 10.6 Å². The number of amides is 1. The maximum absolute atomic E-state index is 11.9. The van der Waals surface area contributed by atoms with E-state index in [4.69, 9.17) is 17.0 Å². The molecule has 0 aliphatic rings. The van der Waals surface area contributed by atoms with Gasteiger partial charge in [-0.15, -0.1) is 0 Å². The van der Waals surface area contributed by atoms with Crippen LogP contribution in [0.5, 0.6) is 5.75 Å². The van der Waals surface area contributed by atoms with Gasteiger partial charge in [0.25, 0.3) is 5.91 Å². The standard InChI is InChI=1S/C18H20N2O2S/c1-12-5-4-6-16(9-12)22-11-17(21)20-18(23)19-15-8-7-13(2)14(3)10-15/h4-10H,11H2,1-3H3,(H2,19,20,21,23). The van der Waals surface area contributed by atoms with E-state index in [-0.39, 0.29) is 17.6 Å². The molecule has 0 unspecified atom stereocenters. The fourth-order valence-corrected chi connectivity index (χ4v) is 2.23. The molecular weight excluding hydrogens is 308 g/mol. The van der Waals surface area contributed by atoms with Gasteiger partial charge in [0.1, 0.15) is 5.75 Å². The van der Waals surface area contributed by atoms with Gasteiger partial charge in [0.15, 0.2) is 11.7 Å². The number of carbonyl (C=O) groups is 1. The number of carbonyl (C=O) groups excluding carboxylic acids is 1. The summed E-state index contributed by atoms with van der Waals surface area (Å²) in [5.74, 6) is 0.362. The largest absolute Gasteiger partial charge is 0.484 e. The highest BCUT2D eigenvalue weighted by molar-refractivity contribution is 7.80. The Morgan fingerprint density at radius 3 is 2.57 bits per heavy atom. The van der Waals surface area contributed by atoms with Crippen LogP contribution in [0, 0.1) is 20.8 Å². The quantitative estimate of drug-likeness (QED) is 0.844. The number of benzene rings is 2. The van der Waals surface area contributed by atoms with Crippen LogP contribution in [0.15, 0.2) is 42.5 Å². The molecule has 0 fully saturated rings. The first-order chi connectivity index (χ1) is 10.9. The van der Waals surface area contributed by atoms with Gasteiger partial charge in [-0.2, -0.15) is 0 Å². The van der Waals surface area contributed by atoms with Crippen molar-refractivity contribution in [3.05, 3.63) is 59.2 Å². The molecule has 0 aliphatic carbocycles. The van der Waals surface area contributed by atoms with Gasteiger partial charge in [-0.3, -0.25) is 10.1 Å². The van der Waals surface area contributed by atoms with E-state index in [1.807, 2.05) is 63.2 Å². The van der Waals surface area contributed by atoms with Gasteiger partial charge in [0, 0.05) is 5.69 Å². The van der Waals surface area contributed by atoms with Crippen LogP contribution < -0.4 is 15.4 Å². The lowest BCUT2D eigenvalue weighted by Gasteiger charge is -2.11. The topological polar surface area (TPSA) is 50.4 Å². The first kappa shape index (κ1) is 17.0. The normalized spacial score (nSPS) is 10.0. The first-order valence-corrected chi connectivity index (χ1v) is 7.72. The fraction of sp³-hybridized carbons (Fsp3) is 0.222. The molecule has 23 heavy (non-hydrogen) atoms. The van der Waals surface area contributed by atoms with Gasteiger partial charge in [0.05, 0.1) is 0 Å². The van der Waals surface area contributed by atoms with E-state index in [9.17, 15) is 4.79 Å². The van der Waals surface area contributed by atoms with E-state index >= 15 is 0 Å². The fourth-order valence-electron chi connectivity index (χ4n) is 2.00. The zero-order valence-corrected chi connectivity index (χ0v) is 14.3. The molecule has 5 heteroatoms. The van der Waals surface area contributed by atoms with E-state index in [1.54, 1.807) is 0 Å². The molecule has 0 saturated heterocycles. The Kier molecular flexibility index (Phi) is 5.71. The number of rotatable bonds is 4. The highest BCUT2D eigenvalue weighted by atomic mass is 32.1. The lowest BCUT2D eigenvalue weighted by molar-refractivity contribution is -0.121. The molecule has 1 amide bonds. The minimum absolute atomic E-state index is 0.0851. The number of ether oxygens (including phenoxy) is 1. The van der Waals surface area contributed by atoms with Crippen molar-refractivity contribution in [2.75, 3.05) is 11.9 Å². The molecule has 0 aromatic heterocycles. The lowest BCUT2D eigenvalue weighted by Crippen LogP contribution is -2.37. The number of thiocarbonyl (C=S) groups is 1. The molecule has 0 bridgehead atoms. The highest BCUT2D eigenvalue weighted by Gasteiger charge is 2.06. The predicted octanol–water partition coefficient (Wildman–Crippen LogP) is 3.50. The maximum atomic E-state index is 11.9. The number of nitrogens with one attached hydrogen (secondary N) is 2. The Labute approximate surface area is 141 Å². The molecule has 0 spiro atoms. The number of hydrogen-bond donors (Lipinski definition) is 2. The molecule has 0 atom stereocenters. The maximum Gasteiger partial charge on any atom is 0.264 e. The Hall–Kier alpha value is -2.40. The second-order valence-corrected chi connectivity index (χ2v) is 5.81. The van der Waals surface area contributed by atoms with Crippen LogP contribution in [0.4, 0.5) is 5.69 Å². The van der Waals surface area contributed by atoms with Crippen molar-refractivity contribution in [1.29, 1.82) is 0 Å². The SMILES string of the molecule is Cc1cccc(OCC(=O)NC(=S)Nc2ccc(C)c(C)c2)c1. The Morgan fingerprint density at radius 1 is 1.09 bits per heavy atom. The Balaban J connectivity index is 1.82. The minimum atomic E-state index is -0.298. The van der Waals surface area contributed by atoms with Gasteiger partial charge < -0.3 is 10.1 Å². The molecule has 2 aromatic carbocycles. The molecule has 120 valence electrons. The van der Waals surface area contributed by atoms with Crippen molar-refractivity contribution in [3.8, 4) is 5.75 Å². The molecule has 2 aromatic rings. The number of hydrogen-bond acceptors (Lipinski definition) is 3. The van der Waals surface area contributed by atoms with E-state index in [0.29, 0.717) is 5.75 Å². The summed E-state index contributed by atoms with van der Waals surface area (Å²) in [6, 6.07) is 13.4. The average Bonchev–Trinajstić information content (AvgIpc) is 2.49. The molecule has 0 heterocycles. The first-order valence-electron chi connectivity index (χ1n) is 7.31. The zero-order chi connectivity index (χ0) is 16.8. The van der Waals surface area contributed by atoms with Crippen molar-refractivity contribution in [3.63, 3.8) is 0 Å². The van der Waals surface area contributed by atoms with Crippen LogP contribution in [0.3, 0.4) is 0 Å². The van der Waals surface area contributed by atoms with E-state index in [1.165, 1.54) is 5.56 Å². The van der Waals surface area contributed by atoms with Gasteiger partial charge in [-0.1, -0.05) is 18.2 Å². The van der Waals surface area contributed by atoms with Crippen molar-refractivity contribution in [1.82, 2.24) is 5.32 Å². The molecule has 0 radical (unpaired) electrons. The molecule has 2 rings (SSSR count). The molecule has 2 N–H and O–H groups in total. The number of aryl methyl sites for hydroxylation is 3. The second kappa shape index (κ2) is 7.74. The predicted molar refractivity (Wildman–Crippen MR) is 97.0 cm³/mol. The summed E-state index contributed by atoms with van der Waals surface area (Å²) < 4.78 is 5.44. The second-order valence-electron chi connectivity index (χ2n) is 5.41. The summed E-state index contributed by atoms with van der Waals surface area (Å²) in [4.78, 5) is 11.9. The van der Waals surface area contributed by atoms with Crippen LogP contribution in [0.1, 0.15) is 16.7 Å². The summed E-state index contributed by atoms with van der Waals surface area (Å²) >= 11 is 5.14. The van der Waals surface area contributed by atoms with Gasteiger partial charge >= 0.3 is 0 Å². The monoisotopic (exact) mass is 328 g/mol. The van der Waals surface area contributed by atoms with E-state index < -0.39 is 0 Å². The van der Waals surface area contributed by atoms with Gasteiger partial charge in [-0.05, 0) is 73.9 Å². The summed E-state index contributed by atoms with van der Waals surface area (Å²) in [6.45, 7) is 5.95. The van der Waals surface area contributed by atoms with Crippen LogP contribution in [0.2, 0.25) is 0 Å². The van der Waals surface area contributed by atoms with E-state index in [0.717, 1.165) is 16.8 Å². The van der Waals surface area contributed by atoms with Crippen LogP contribution in [-0.4, -0.2) is 17.6 Å². The minimum Gasteiger partial charge on any atom is -0.484 e. The van der Waals surface area contributed by atoms with Crippen LogP contribution >= 0.6 is 12.2 Å². The summed E-state index contributed by atoms with van der Waals surface area (Å²) in [6.07, 6.45) is 0. The lowest BCUT2D eigenvalue weighted by atomic mass is 10.1. The number of anilines is 1. The summed E-state index contributed by atoms with van der Waals surface area (Å²) in [5.41, 5.74) is 4.29. The molecule has 0 aliphatic heterocycles. The molecular formula is C18H20N2O2S. The van der Waals surface area contributed by atoms with Crippen LogP contribution in [-0.2, 0) is 4.79 Å². The summed E-state index contributed by atoms with van der Waals surface area (Å²) in [5, 5.41) is 5.85. The highest BCUT2D eigenvalue weighted by Crippen LogP contribution is 2.14. The van der Waals surface area contributed by atoms with Crippen molar-refractivity contribution in [2.45, 2.75) is 20.8 Å². The molecule has 0 saturated carbocycles. The van der Waals surface area contributed by atoms with Crippen LogP contribution in [0.25, 0.3) is 0 Å². The third kappa shape index (κ3) is 5.38. The average molecular weight is 328 g/mol. The van der Waals surface area contributed by atoms with Gasteiger partial charge in [0.2, 0.25) is 0 Å². The van der Waals surface area contributed by atoms with Crippen molar-refractivity contribution < 1.29 is 9.53 Å².